The average molecular weight is 264 g/mol. The fourth-order valence-corrected chi connectivity index (χ4v) is 2.32. The van der Waals surface area contributed by atoms with Gasteiger partial charge in [0, 0.05) is 25.2 Å². The van der Waals surface area contributed by atoms with E-state index in [0.29, 0.717) is 18.2 Å². The van der Waals surface area contributed by atoms with Gasteiger partial charge in [-0.25, -0.2) is 14.4 Å². The molecule has 0 spiro atoms. The largest absolute Gasteiger partial charge is 0.353 e. The Morgan fingerprint density at radius 2 is 2.37 bits per heavy atom. The van der Waals surface area contributed by atoms with E-state index in [1.165, 1.54) is 0 Å². The second-order valence-corrected chi connectivity index (χ2v) is 5.35. The van der Waals surface area contributed by atoms with Gasteiger partial charge in [0.25, 0.3) is 5.91 Å². The van der Waals surface area contributed by atoms with Gasteiger partial charge in [-0.05, 0) is 25.8 Å². The Labute approximate surface area is 111 Å². The smallest absolute Gasteiger partial charge is 0.259 e. The fraction of sp³-hybridized carbons (Fsp3) is 0.615. The third-order valence-electron chi connectivity index (χ3n) is 3.62. The van der Waals surface area contributed by atoms with Crippen LogP contribution in [0.3, 0.4) is 0 Å². The van der Waals surface area contributed by atoms with Crippen molar-refractivity contribution in [2.45, 2.75) is 37.9 Å². The Morgan fingerprint density at radius 1 is 1.58 bits per heavy atom. The summed E-state index contributed by atoms with van der Waals surface area (Å²) >= 11 is 0. The lowest BCUT2D eigenvalue weighted by Crippen LogP contribution is -2.46. The van der Waals surface area contributed by atoms with Crippen LogP contribution in [0.1, 0.15) is 25.1 Å². The minimum atomic E-state index is -1.79. The molecule has 19 heavy (non-hydrogen) atoms. The van der Waals surface area contributed by atoms with Crippen LogP contribution in [0.25, 0.3) is 0 Å². The molecule has 2 heterocycles. The van der Waals surface area contributed by atoms with Gasteiger partial charge in [0.05, 0.1) is 6.54 Å². The maximum atomic E-state index is 14.6. The highest BCUT2D eigenvalue weighted by Crippen LogP contribution is 2.30. The molecular weight excluding hydrogens is 247 g/mol. The Bertz CT molecular complexity index is 505. The average Bonchev–Trinajstić information content (AvgIpc) is 3.10. The first-order valence-corrected chi connectivity index (χ1v) is 6.61. The summed E-state index contributed by atoms with van der Waals surface area (Å²) in [5.74, 6) is 0.866. The lowest BCUT2D eigenvalue weighted by Gasteiger charge is -2.21. The minimum Gasteiger partial charge on any atom is -0.353 e. The van der Waals surface area contributed by atoms with E-state index < -0.39 is 11.6 Å². The van der Waals surface area contributed by atoms with Crippen LogP contribution in [0.5, 0.6) is 0 Å². The molecule has 1 unspecified atom stereocenters. The number of hydrogen-bond acceptors (Lipinski definition) is 4. The molecule has 1 atom stereocenters. The summed E-state index contributed by atoms with van der Waals surface area (Å²) in [6, 6.07) is 1.94. The van der Waals surface area contributed by atoms with Crippen LogP contribution >= 0.6 is 0 Å². The number of carbonyl (C=O) groups excluding carboxylic acids is 1. The first-order valence-electron chi connectivity index (χ1n) is 6.61. The molecule has 0 bridgehead atoms. The highest BCUT2D eigenvalue weighted by atomic mass is 19.1. The van der Waals surface area contributed by atoms with E-state index in [1.54, 1.807) is 24.1 Å². The Balaban J connectivity index is 1.70. The Kier molecular flexibility index (Phi) is 2.88. The topological polar surface area (TPSA) is 58.1 Å². The number of anilines is 1. The maximum Gasteiger partial charge on any atom is 0.259 e. The van der Waals surface area contributed by atoms with Crippen molar-refractivity contribution in [3.05, 3.63) is 18.1 Å². The number of nitrogens with zero attached hydrogens (tertiary/aromatic N) is 3. The van der Waals surface area contributed by atoms with Gasteiger partial charge in [-0.3, -0.25) is 4.79 Å². The molecule has 1 saturated carbocycles. The molecule has 1 saturated heterocycles. The molecule has 2 aliphatic rings. The number of hydrogen-bond donors (Lipinski definition) is 1. The second-order valence-electron chi connectivity index (χ2n) is 5.35. The molecule has 1 aliphatic carbocycles. The van der Waals surface area contributed by atoms with Crippen LogP contribution in [0, 0.1) is 6.92 Å². The Morgan fingerprint density at radius 3 is 3.05 bits per heavy atom. The highest BCUT2D eigenvalue weighted by molar-refractivity contribution is 5.87. The number of nitrogens with one attached hydrogen (secondary N) is 1. The number of aromatic nitrogens is 2. The van der Waals surface area contributed by atoms with Crippen LogP contribution in [0.2, 0.25) is 0 Å². The SMILES string of the molecule is Cc1nccc(N2CCC(F)(C(=O)NC3CC3)C2)n1. The van der Waals surface area contributed by atoms with Crippen molar-refractivity contribution in [1.82, 2.24) is 15.3 Å². The molecule has 1 aliphatic heterocycles. The second kappa shape index (κ2) is 4.43. The number of rotatable bonds is 3. The summed E-state index contributed by atoms with van der Waals surface area (Å²) in [7, 11) is 0. The lowest BCUT2D eigenvalue weighted by molar-refractivity contribution is -0.131. The predicted molar refractivity (Wildman–Crippen MR) is 68.6 cm³/mol. The molecule has 102 valence electrons. The summed E-state index contributed by atoms with van der Waals surface area (Å²) < 4.78 is 14.6. The molecule has 2 fully saturated rings. The zero-order valence-electron chi connectivity index (χ0n) is 10.9. The van der Waals surface area contributed by atoms with Crippen LogP contribution in [-0.4, -0.2) is 40.7 Å². The van der Waals surface area contributed by atoms with Gasteiger partial charge in [0.1, 0.15) is 11.6 Å². The van der Waals surface area contributed by atoms with Crippen molar-refractivity contribution in [2.24, 2.45) is 0 Å². The van der Waals surface area contributed by atoms with Gasteiger partial charge in [-0.15, -0.1) is 0 Å². The van der Waals surface area contributed by atoms with Crippen LogP contribution < -0.4 is 10.2 Å². The predicted octanol–water partition coefficient (Wildman–Crippen LogP) is 0.982. The molecular formula is C13H17FN4O. The van der Waals surface area contributed by atoms with Crippen molar-refractivity contribution in [2.75, 3.05) is 18.0 Å². The molecule has 5 nitrogen and oxygen atoms in total. The molecule has 6 heteroatoms. The van der Waals surface area contributed by atoms with Gasteiger partial charge in [-0.1, -0.05) is 0 Å². The van der Waals surface area contributed by atoms with Crippen LogP contribution in [0.15, 0.2) is 12.3 Å². The third kappa shape index (κ3) is 2.52. The molecule has 3 rings (SSSR count). The molecule has 0 aromatic carbocycles. The normalized spacial score (nSPS) is 26.5. The van der Waals surface area contributed by atoms with Gasteiger partial charge >= 0.3 is 0 Å². The van der Waals surface area contributed by atoms with Crippen LogP contribution in [0.4, 0.5) is 10.2 Å². The van der Waals surface area contributed by atoms with Gasteiger partial charge in [0.2, 0.25) is 5.67 Å². The summed E-state index contributed by atoms with van der Waals surface area (Å²) in [5, 5.41) is 2.75. The lowest BCUT2D eigenvalue weighted by atomic mass is 10.1. The van der Waals surface area contributed by atoms with Gasteiger partial charge in [-0.2, -0.15) is 0 Å². The zero-order chi connectivity index (χ0) is 13.5. The molecule has 1 amide bonds. The fourth-order valence-electron chi connectivity index (χ4n) is 2.32. The number of aryl methyl sites for hydroxylation is 1. The summed E-state index contributed by atoms with van der Waals surface area (Å²) in [6.45, 7) is 2.37. The van der Waals surface area contributed by atoms with Crippen molar-refractivity contribution in [3.8, 4) is 0 Å². The molecule has 0 radical (unpaired) electrons. The maximum absolute atomic E-state index is 14.6. The van der Waals surface area contributed by atoms with Gasteiger partial charge < -0.3 is 10.2 Å². The third-order valence-corrected chi connectivity index (χ3v) is 3.62. The monoisotopic (exact) mass is 264 g/mol. The summed E-state index contributed by atoms with van der Waals surface area (Å²) in [6.07, 6.45) is 3.81. The number of amides is 1. The quantitative estimate of drug-likeness (QED) is 0.884. The van der Waals surface area contributed by atoms with Crippen LogP contribution in [-0.2, 0) is 4.79 Å². The molecule has 1 N–H and O–H groups in total. The molecule has 1 aromatic rings. The van der Waals surface area contributed by atoms with E-state index in [9.17, 15) is 9.18 Å². The zero-order valence-corrected chi connectivity index (χ0v) is 10.9. The standard InChI is InChI=1S/C13H17FN4O/c1-9-15-6-4-11(16-9)18-7-5-13(14,8-18)12(19)17-10-2-3-10/h4,6,10H,2-3,5,7-8H2,1H3,(H,17,19). The van der Waals surface area contributed by atoms with E-state index in [4.69, 9.17) is 0 Å². The number of alkyl halides is 1. The highest BCUT2D eigenvalue weighted by Gasteiger charge is 2.46. The van der Waals surface area contributed by atoms with Crippen molar-refractivity contribution in [3.63, 3.8) is 0 Å². The van der Waals surface area contributed by atoms with E-state index in [1.807, 2.05) is 0 Å². The van der Waals surface area contributed by atoms with E-state index in [-0.39, 0.29) is 19.0 Å². The van der Waals surface area contributed by atoms with Gasteiger partial charge in [0.15, 0.2) is 0 Å². The number of carbonyl (C=O) groups is 1. The molecule has 1 aromatic heterocycles. The van der Waals surface area contributed by atoms with Crippen molar-refractivity contribution >= 4 is 11.7 Å². The first-order chi connectivity index (χ1) is 9.07. The van der Waals surface area contributed by atoms with Crippen molar-refractivity contribution in [1.29, 1.82) is 0 Å². The summed E-state index contributed by atoms with van der Waals surface area (Å²) in [4.78, 5) is 22.0. The van der Waals surface area contributed by atoms with E-state index in [0.717, 1.165) is 12.8 Å². The van der Waals surface area contributed by atoms with E-state index in [2.05, 4.69) is 15.3 Å². The van der Waals surface area contributed by atoms with Crippen molar-refractivity contribution < 1.29 is 9.18 Å². The minimum absolute atomic E-state index is 0.0714. The summed E-state index contributed by atoms with van der Waals surface area (Å²) in [5.41, 5.74) is -1.79. The van der Waals surface area contributed by atoms with E-state index >= 15 is 0 Å². The number of halogens is 1. The Hall–Kier alpha value is -1.72. The first kappa shape index (κ1) is 12.3.